The van der Waals surface area contributed by atoms with Gasteiger partial charge in [-0.25, -0.2) is 4.79 Å². The molecule has 6 rings (SSSR count). The second-order valence-electron chi connectivity index (χ2n) is 11.1. The fourth-order valence-corrected chi connectivity index (χ4v) is 4.81. The number of fused-ring (bicyclic) bond motifs is 3. The molecule has 0 aliphatic rings. The van der Waals surface area contributed by atoms with Crippen LogP contribution < -0.4 is 16.0 Å². The van der Waals surface area contributed by atoms with Crippen molar-refractivity contribution >= 4 is 56.7 Å². The summed E-state index contributed by atoms with van der Waals surface area (Å²) in [7, 11) is 0. The molecule has 0 saturated carbocycles. The molecular formula is C35H30N4O4. The SMILES string of the molecule is CC(C)(C)OC(=O)Nc1cccc(C(=O)Nc2cccc(Nc3ccnc(-c4cccc5c4oc4ccccc45)c3)c2)c1. The number of carbonyl (C=O) groups is 2. The largest absolute Gasteiger partial charge is 0.455 e. The number of furan rings is 1. The van der Waals surface area contributed by atoms with Gasteiger partial charge in [-0.15, -0.1) is 0 Å². The highest BCUT2D eigenvalue weighted by Gasteiger charge is 2.17. The van der Waals surface area contributed by atoms with Crippen molar-refractivity contribution in [2.45, 2.75) is 26.4 Å². The first-order valence-corrected chi connectivity index (χ1v) is 13.9. The number of nitrogens with one attached hydrogen (secondary N) is 3. The number of ether oxygens (including phenoxy) is 1. The third-order valence-corrected chi connectivity index (χ3v) is 6.62. The van der Waals surface area contributed by atoms with Gasteiger partial charge in [0.25, 0.3) is 5.91 Å². The Morgan fingerprint density at radius 1 is 0.721 bits per heavy atom. The molecule has 2 heterocycles. The van der Waals surface area contributed by atoms with Gasteiger partial charge in [0.15, 0.2) is 0 Å². The summed E-state index contributed by atoms with van der Waals surface area (Å²) in [5.41, 5.74) is 5.78. The van der Waals surface area contributed by atoms with E-state index in [4.69, 9.17) is 9.15 Å². The van der Waals surface area contributed by atoms with Gasteiger partial charge in [-0.2, -0.15) is 0 Å². The number of aromatic nitrogens is 1. The van der Waals surface area contributed by atoms with Gasteiger partial charge in [-0.1, -0.05) is 42.5 Å². The summed E-state index contributed by atoms with van der Waals surface area (Å²) in [4.78, 5) is 29.8. The molecule has 0 atom stereocenters. The summed E-state index contributed by atoms with van der Waals surface area (Å²) in [5, 5.41) is 11.1. The van der Waals surface area contributed by atoms with Gasteiger partial charge in [0, 0.05) is 50.8 Å². The van der Waals surface area contributed by atoms with Crippen molar-refractivity contribution < 1.29 is 18.7 Å². The summed E-state index contributed by atoms with van der Waals surface area (Å²) < 4.78 is 11.5. The Morgan fingerprint density at radius 2 is 1.42 bits per heavy atom. The minimum absolute atomic E-state index is 0.310. The smallest absolute Gasteiger partial charge is 0.412 e. The third-order valence-electron chi connectivity index (χ3n) is 6.62. The van der Waals surface area contributed by atoms with Crippen molar-refractivity contribution in [3.63, 3.8) is 0 Å². The zero-order valence-corrected chi connectivity index (χ0v) is 24.0. The molecule has 2 aromatic heterocycles. The summed E-state index contributed by atoms with van der Waals surface area (Å²) in [5.74, 6) is -0.310. The number of rotatable bonds is 6. The number of anilines is 4. The number of hydrogen-bond donors (Lipinski definition) is 3. The normalized spacial score (nSPS) is 11.3. The number of pyridine rings is 1. The molecule has 8 nitrogen and oxygen atoms in total. The topological polar surface area (TPSA) is 105 Å². The van der Waals surface area contributed by atoms with E-state index in [1.165, 1.54) is 0 Å². The first-order valence-electron chi connectivity index (χ1n) is 13.9. The molecule has 0 saturated heterocycles. The highest BCUT2D eigenvalue weighted by molar-refractivity contribution is 6.09. The van der Waals surface area contributed by atoms with E-state index in [9.17, 15) is 9.59 Å². The zero-order chi connectivity index (χ0) is 30.0. The van der Waals surface area contributed by atoms with Gasteiger partial charge in [-0.05, 0) is 81.4 Å². The van der Waals surface area contributed by atoms with Crippen LogP contribution in [0, 0.1) is 0 Å². The van der Waals surface area contributed by atoms with Crippen LogP contribution in [0.5, 0.6) is 0 Å². The molecule has 6 aromatic rings. The second kappa shape index (κ2) is 11.3. The van der Waals surface area contributed by atoms with Crippen LogP contribution in [0.1, 0.15) is 31.1 Å². The highest BCUT2D eigenvalue weighted by atomic mass is 16.6. The lowest BCUT2D eigenvalue weighted by Crippen LogP contribution is -2.27. The average molecular weight is 571 g/mol. The lowest BCUT2D eigenvalue weighted by atomic mass is 10.1. The van der Waals surface area contributed by atoms with Crippen molar-refractivity contribution in [2.24, 2.45) is 0 Å². The van der Waals surface area contributed by atoms with E-state index in [0.717, 1.165) is 44.6 Å². The Hall–Kier alpha value is -5.63. The maximum Gasteiger partial charge on any atom is 0.412 e. The lowest BCUT2D eigenvalue weighted by Gasteiger charge is -2.19. The Bertz CT molecular complexity index is 1970. The van der Waals surface area contributed by atoms with Crippen LogP contribution in [-0.2, 0) is 4.74 Å². The first kappa shape index (κ1) is 27.5. The summed E-state index contributed by atoms with van der Waals surface area (Å²) >= 11 is 0. The quantitative estimate of drug-likeness (QED) is 0.185. The standard InChI is InChI=1S/C35H30N4O4/c1-35(2,3)43-34(41)39-23-10-6-9-22(19-23)33(40)38-25-12-7-11-24(20-25)37-26-17-18-36-30(21-26)29-15-8-14-28-27-13-4-5-16-31(27)42-32(28)29/h4-21H,1-3H3,(H,36,37)(H,38,40)(H,39,41). The molecule has 0 unspecified atom stereocenters. The molecule has 2 amide bonds. The van der Waals surface area contributed by atoms with Crippen molar-refractivity contribution in [2.75, 3.05) is 16.0 Å². The van der Waals surface area contributed by atoms with Crippen LogP contribution in [0.2, 0.25) is 0 Å². The molecule has 0 spiro atoms. The molecule has 0 fully saturated rings. The van der Waals surface area contributed by atoms with E-state index in [1.807, 2.05) is 66.7 Å². The van der Waals surface area contributed by atoms with E-state index in [2.05, 4.69) is 33.1 Å². The Labute approximate surface area is 248 Å². The lowest BCUT2D eigenvalue weighted by molar-refractivity contribution is 0.0635. The number of nitrogens with zero attached hydrogens (tertiary/aromatic N) is 1. The average Bonchev–Trinajstić information content (AvgIpc) is 3.36. The van der Waals surface area contributed by atoms with E-state index in [0.29, 0.717) is 16.9 Å². The number of para-hydroxylation sites is 2. The molecule has 0 bridgehead atoms. The van der Waals surface area contributed by atoms with Crippen LogP contribution >= 0.6 is 0 Å². The van der Waals surface area contributed by atoms with Crippen molar-refractivity contribution in [3.8, 4) is 11.3 Å². The van der Waals surface area contributed by atoms with Gasteiger partial charge in [0.1, 0.15) is 16.8 Å². The summed E-state index contributed by atoms with van der Waals surface area (Å²) in [6.45, 7) is 5.36. The Morgan fingerprint density at radius 3 is 2.26 bits per heavy atom. The van der Waals surface area contributed by atoms with E-state index >= 15 is 0 Å². The molecule has 43 heavy (non-hydrogen) atoms. The van der Waals surface area contributed by atoms with Crippen LogP contribution in [0.4, 0.5) is 27.5 Å². The number of benzene rings is 4. The zero-order valence-electron chi connectivity index (χ0n) is 24.0. The van der Waals surface area contributed by atoms with E-state index < -0.39 is 11.7 Å². The molecule has 0 aliphatic heterocycles. The van der Waals surface area contributed by atoms with Gasteiger partial charge >= 0.3 is 6.09 Å². The fourth-order valence-electron chi connectivity index (χ4n) is 4.81. The minimum atomic E-state index is -0.626. The Kier molecular flexibility index (Phi) is 7.26. The van der Waals surface area contributed by atoms with Crippen LogP contribution in [-0.4, -0.2) is 22.6 Å². The monoisotopic (exact) mass is 570 g/mol. The number of carbonyl (C=O) groups excluding carboxylic acids is 2. The van der Waals surface area contributed by atoms with Gasteiger partial charge in [0.2, 0.25) is 0 Å². The third kappa shape index (κ3) is 6.33. The van der Waals surface area contributed by atoms with Crippen molar-refractivity contribution in [1.82, 2.24) is 4.98 Å². The van der Waals surface area contributed by atoms with Gasteiger partial charge < -0.3 is 19.8 Å². The summed E-state index contributed by atoms with van der Waals surface area (Å²) in [6, 6.07) is 32.0. The molecule has 214 valence electrons. The maximum atomic E-state index is 13.0. The Balaban J connectivity index is 1.17. The number of hydrogen-bond acceptors (Lipinski definition) is 6. The van der Waals surface area contributed by atoms with Crippen LogP contribution in [0.3, 0.4) is 0 Å². The fraction of sp³-hybridized carbons (Fsp3) is 0.114. The van der Waals surface area contributed by atoms with Crippen LogP contribution in [0.25, 0.3) is 33.2 Å². The second-order valence-corrected chi connectivity index (χ2v) is 11.1. The minimum Gasteiger partial charge on any atom is -0.455 e. The summed E-state index contributed by atoms with van der Waals surface area (Å²) in [6.07, 6.45) is 1.17. The predicted molar refractivity (Wildman–Crippen MR) is 171 cm³/mol. The predicted octanol–water partition coefficient (Wildman–Crippen LogP) is 8.99. The number of amides is 2. The van der Waals surface area contributed by atoms with E-state index in [-0.39, 0.29) is 5.91 Å². The highest BCUT2D eigenvalue weighted by Crippen LogP contribution is 2.35. The molecule has 0 radical (unpaired) electrons. The van der Waals surface area contributed by atoms with Crippen molar-refractivity contribution in [3.05, 3.63) is 115 Å². The maximum absolute atomic E-state index is 13.0. The molecule has 4 aromatic carbocycles. The van der Waals surface area contributed by atoms with Gasteiger partial charge in [-0.3, -0.25) is 15.1 Å². The van der Waals surface area contributed by atoms with Crippen molar-refractivity contribution in [1.29, 1.82) is 0 Å². The first-order chi connectivity index (χ1) is 20.7. The van der Waals surface area contributed by atoms with Gasteiger partial charge in [0.05, 0.1) is 5.69 Å². The van der Waals surface area contributed by atoms with Crippen LogP contribution in [0.15, 0.2) is 114 Å². The van der Waals surface area contributed by atoms with E-state index in [1.54, 1.807) is 51.2 Å². The molecule has 8 heteroatoms. The molecule has 3 N–H and O–H groups in total. The molecular weight excluding hydrogens is 540 g/mol. The molecule has 0 aliphatic carbocycles.